The van der Waals surface area contributed by atoms with Crippen molar-refractivity contribution in [3.05, 3.63) is 34.9 Å². The van der Waals surface area contributed by atoms with Crippen LogP contribution in [0.2, 0.25) is 0 Å². The van der Waals surface area contributed by atoms with Gasteiger partial charge in [0.1, 0.15) is 0 Å². The molecule has 0 radical (unpaired) electrons. The summed E-state index contributed by atoms with van der Waals surface area (Å²) in [6.45, 7) is 0. The van der Waals surface area contributed by atoms with Crippen LogP contribution in [0.1, 0.15) is 29.2 Å². The number of fused-ring (bicyclic) bond motifs is 1. The van der Waals surface area contributed by atoms with Crippen LogP contribution in [0.15, 0.2) is 18.2 Å². The monoisotopic (exact) mass is 173 g/mol. The van der Waals surface area contributed by atoms with E-state index in [1.807, 2.05) is 12.1 Å². The van der Waals surface area contributed by atoms with E-state index in [-0.39, 0.29) is 6.10 Å². The van der Waals surface area contributed by atoms with Crippen molar-refractivity contribution in [1.29, 1.82) is 5.26 Å². The maximum absolute atomic E-state index is 8.87. The third-order valence-corrected chi connectivity index (χ3v) is 2.62. The van der Waals surface area contributed by atoms with Crippen LogP contribution in [0.25, 0.3) is 0 Å². The lowest BCUT2D eigenvalue weighted by Gasteiger charge is -2.08. The summed E-state index contributed by atoms with van der Waals surface area (Å²) in [5.74, 6) is 0. The van der Waals surface area contributed by atoms with Gasteiger partial charge in [-0.25, -0.2) is 0 Å². The standard InChI is InChI=1S/C11H11NO/c1-13-11-6-5-9-8(7-12)3-2-4-10(9)11/h2-4,11H,5-6H2,1H3. The molecule has 2 nitrogen and oxygen atoms in total. The van der Waals surface area contributed by atoms with Crippen LogP contribution in [0.4, 0.5) is 0 Å². The zero-order chi connectivity index (χ0) is 9.26. The molecular formula is C11H11NO. The Morgan fingerprint density at radius 2 is 2.38 bits per heavy atom. The maximum Gasteiger partial charge on any atom is 0.0994 e. The van der Waals surface area contributed by atoms with Gasteiger partial charge in [-0.05, 0) is 30.0 Å². The Morgan fingerprint density at radius 1 is 1.54 bits per heavy atom. The summed E-state index contributed by atoms with van der Waals surface area (Å²) >= 11 is 0. The van der Waals surface area contributed by atoms with Crippen LogP contribution in [-0.2, 0) is 11.2 Å². The number of nitriles is 1. The molecule has 1 unspecified atom stereocenters. The molecule has 66 valence electrons. The first-order chi connectivity index (χ1) is 6.36. The third kappa shape index (κ3) is 1.22. The molecule has 0 spiro atoms. The summed E-state index contributed by atoms with van der Waals surface area (Å²) < 4.78 is 5.33. The van der Waals surface area contributed by atoms with E-state index >= 15 is 0 Å². The Hall–Kier alpha value is -1.33. The molecule has 0 fully saturated rings. The fourth-order valence-corrected chi connectivity index (χ4v) is 1.97. The van der Waals surface area contributed by atoms with E-state index in [0.717, 1.165) is 18.4 Å². The van der Waals surface area contributed by atoms with Gasteiger partial charge in [-0.3, -0.25) is 0 Å². The lowest BCUT2D eigenvalue weighted by Crippen LogP contribution is -1.95. The van der Waals surface area contributed by atoms with E-state index in [4.69, 9.17) is 10.00 Å². The SMILES string of the molecule is COC1CCc2c(C#N)cccc21. The predicted molar refractivity (Wildman–Crippen MR) is 49.2 cm³/mol. The number of methoxy groups -OCH3 is 1. The number of hydrogen-bond acceptors (Lipinski definition) is 2. The summed E-state index contributed by atoms with van der Waals surface area (Å²) in [5, 5.41) is 8.87. The van der Waals surface area contributed by atoms with Crippen LogP contribution >= 0.6 is 0 Å². The molecule has 0 N–H and O–H groups in total. The Labute approximate surface area is 77.8 Å². The van der Waals surface area contributed by atoms with Crippen molar-refractivity contribution in [2.24, 2.45) is 0 Å². The first-order valence-electron chi connectivity index (χ1n) is 4.41. The molecule has 1 atom stereocenters. The van der Waals surface area contributed by atoms with Crippen molar-refractivity contribution in [1.82, 2.24) is 0 Å². The zero-order valence-corrected chi connectivity index (χ0v) is 7.58. The summed E-state index contributed by atoms with van der Waals surface area (Å²) in [7, 11) is 1.72. The molecule has 1 aromatic carbocycles. The van der Waals surface area contributed by atoms with Crippen molar-refractivity contribution < 1.29 is 4.74 Å². The van der Waals surface area contributed by atoms with E-state index in [0.29, 0.717) is 0 Å². The number of rotatable bonds is 1. The highest BCUT2D eigenvalue weighted by atomic mass is 16.5. The fraction of sp³-hybridized carbons (Fsp3) is 0.364. The van der Waals surface area contributed by atoms with E-state index in [9.17, 15) is 0 Å². The number of nitrogens with zero attached hydrogens (tertiary/aromatic N) is 1. The van der Waals surface area contributed by atoms with Gasteiger partial charge in [-0.2, -0.15) is 5.26 Å². The smallest absolute Gasteiger partial charge is 0.0994 e. The first-order valence-corrected chi connectivity index (χ1v) is 4.41. The van der Waals surface area contributed by atoms with Gasteiger partial charge in [0, 0.05) is 7.11 Å². The minimum atomic E-state index is 0.198. The molecule has 0 aromatic heterocycles. The van der Waals surface area contributed by atoms with Gasteiger partial charge < -0.3 is 4.74 Å². The molecule has 2 heteroatoms. The zero-order valence-electron chi connectivity index (χ0n) is 7.58. The summed E-state index contributed by atoms with van der Waals surface area (Å²) in [4.78, 5) is 0. The van der Waals surface area contributed by atoms with E-state index in [2.05, 4.69) is 12.1 Å². The van der Waals surface area contributed by atoms with Crippen LogP contribution in [0.5, 0.6) is 0 Å². The van der Waals surface area contributed by atoms with Gasteiger partial charge in [-0.15, -0.1) is 0 Å². The van der Waals surface area contributed by atoms with Crippen LogP contribution < -0.4 is 0 Å². The molecule has 13 heavy (non-hydrogen) atoms. The highest BCUT2D eigenvalue weighted by Crippen LogP contribution is 2.34. The van der Waals surface area contributed by atoms with Gasteiger partial charge in [0.05, 0.1) is 17.7 Å². The minimum absolute atomic E-state index is 0.198. The predicted octanol–water partition coefficient (Wildman–Crippen LogP) is 2.19. The average Bonchev–Trinajstić information content (AvgIpc) is 2.60. The fourth-order valence-electron chi connectivity index (χ4n) is 1.97. The van der Waals surface area contributed by atoms with Crippen LogP contribution in [0.3, 0.4) is 0 Å². The van der Waals surface area contributed by atoms with E-state index in [1.54, 1.807) is 7.11 Å². The van der Waals surface area contributed by atoms with Crippen molar-refractivity contribution in [2.45, 2.75) is 18.9 Å². The maximum atomic E-state index is 8.87. The number of benzene rings is 1. The Morgan fingerprint density at radius 3 is 3.08 bits per heavy atom. The molecule has 1 aliphatic rings. The van der Waals surface area contributed by atoms with Gasteiger partial charge in [-0.1, -0.05) is 12.1 Å². The third-order valence-electron chi connectivity index (χ3n) is 2.62. The van der Waals surface area contributed by atoms with Crippen molar-refractivity contribution in [3.63, 3.8) is 0 Å². The Bertz CT molecular complexity index is 365. The normalized spacial score (nSPS) is 19.5. The highest BCUT2D eigenvalue weighted by Gasteiger charge is 2.23. The van der Waals surface area contributed by atoms with Crippen molar-refractivity contribution >= 4 is 0 Å². The van der Waals surface area contributed by atoms with E-state index in [1.165, 1.54) is 11.1 Å². The molecule has 0 heterocycles. The van der Waals surface area contributed by atoms with Gasteiger partial charge in [0.15, 0.2) is 0 Å². The second-order valence-corrected chi connectivity index (χ2v) is 3.25. The summed E-state index contributed by atoms with van der Waals surface area (Å²) in [6.07, 6.45) is 2.17. The van der Waals surface area contributed by atoms with Crippen LogP contribution in [0, 0.1) is 11.3 Å². The molecule has 1 aliphatic carbocycles. The molecule has 2 rings (SSSR count). The van der Waals surface area contributed by atoms with E-state index < -0.39 is 0 Å². The first kappa shape index (κ1) is 8.28. The molecule has 0 aliphatic heterocycles. The molecule has 0 saturated carbocycles. The van der Waals surface area contributed by atoms with Crippen LogP contribution in [-0.4, -0.2) is 7.11 Å². The molecule has 0 saturated heterocycles. The Balaban J connectivity index is 2.50. The van der Waals surface area contributed by atoms with Crippen molar-refractivity contribution in [2.75, 3.05) is 7.11 Å². The summed E-state index contributed by atoms with van der Waals surface area (Å²) in [5.41, 5.74) is 3.18. The second-order valence-electron chi connectivity index (χ2n) is 3.25. The molecule has 0 amide bonds. The lowest BCUT2D eigenvalue weighted by atomic mass is 10.0. The average molecular weight is 173 g/mol. The quantitative estimate of drug-likeness (QED) is 0.652. The van der Waals surface area contributed by atoms with Gasteiger partial charge in [0.25, 0.3) is 0 Å². The highest BCUT2D eigenvalue weighted by molar-refractivity contribution is 5.46. The van der Waals surface area contributed by atoms with Crippen molar-refractivity contribution in [3.8, 4) is 6.07 Å². The van der Waals surface area contributed by atoms with Gasteiger partial charge >= 0.3 is 0 Å². The largest absolute Gasteiger partial charge is 0.377 e. The molecule has 0 bridgehead atoms. The lowest BCUT2D eigenvalue weighted by molar-refractivity contribution is 0.105. The molecule has 1 aromatic rings. The van der Waals surface area contributed by atoms with Gasteiger partial charge in [0.2, 0.25) is 0 Å². The summed E-state index contributed by atoms with van der Waals surface area (Å²) in [6, 6.07) is 8.07. The molecular weight excluding hydrogens is 162 g/mol. The number of ether oxygens (including phenoxy) is 1. The number of hydrogen-bond donors (Lipinski definition) is 0. The topological polar surface area (TPSA) is 33.0 Å². The Kier molecular flexibility index (Phi) is 2.03. The second kappa shape index (κ2) is 3.20. The minimum Gasteiger partial charge on any atom is -0.377 e.